The van der Waals surface area contributed by atoms with Crippen LogP contribution in [0.2, 0.25) is 0 Å². The molecule has 0 radical (unpaired) electrons. The third-order valence-electron chi connectivity index (χ3n) is 1.22. The Bertz CT molecular complexity index is 317. The van der Waals surface area contributed by atoms with E-state index in [0.717, 1.165) is 6.07 Å². The molecule has 1 rings (SSSR count). The summed E-state index contributed by atoms with van der Waals surface area (Å²) in [6, 6.07) is 2.53. The molecule has 0 saturated heterocycles. The quantitative estimate of drug-likeness (QED) is 0.750. The van der Waals surface area contributed by atoms with Gasteiger partial charge in [0.25, 0.3) is 0 Å². The molecule has 72 valence electrons. The first-order valence-electron chi connectivity index (χ1n) is 3.10. The summed E-state index contributed by atoms with van der Waals surface area (Å²) >= 11 is 5.89. The summed E-state index contributed by atoms with van der Waals surface area (Å²) < 4.78 is 40.9. The van der Waals surface area contributed by atoms with Crippen molar-refractivity contribution in [3.8, 4) is 5.75 Å². The predicted octanol–water partition coefficient (Wildman–Crippen LogP) is 3.95. The van der Waals surface area contributed by atoms with E-state index in [2.05, 4.69) is 36.6 Å². The van der Waals surface area contributed by atoms with Gasteiger partial charge >= 0.3 is 6.61 Å². The standard InChI is InChI=1S/C7H3Br2F3O/c8-3-1-2-4(13-7(11)12)6(10)5(3)9/h1-2,7H. The van der Waals surface area contributed by atoms with E-state index in [1.165, 1.54) is 6.07 Å². The highest BCUT2D eigenvalue weighted by molar-refractivity contribution is 9.13. The molecule has 0 saturated carbocycles. The highest BCUT2D eigenvalue weighted by Gasteiger charge is 2.14. The molecule has 13 heavy (non-hydrogen) atoms. The van der Waals surface area contributed by atoms with Crippen LogP contribution in [0, 0.1) is 5.82 Å². The molecule has 0 unspecified atom stereocenters. The summed E-state index contributed by atoms with van der Waals surface area (Å²) in [6.45, 7) is -3.03. The van der Waals surface area contributed by atoms with Crippen LogP contribution in [0.4, 0.5) is 13.2 Å². The van der Waals surface area contributed by atoms with E-state index in [-0.39, 0.29) is 4.47 Å². The second-order valence-corrected chi connectivity index (χ2v) is 3.70. The molecular formula is C7H3Br2F3O. The normalized spacial score (nSPS) is 10.6. The van der Waals surface area contributed by atoms with Crippen LogP contribution in [0.1, 0.15) is 0 Å². The third kappa shape index (κ3) is 2.60. The van der Waals surface area contributed by atoms with Crippen LogP contribution in [0.25, 0.3) is 0 Å². The van der Waals surface area contributed by atoms with Crippen molar-refractivity contribution < 1.29 is 17.9 Å². The Kier molecular flexibility index (Phi) is 3.61. The largest absolute Gasteiger partial charge is 0.432 e. The number of ether oxygens (including phenoxy) is 1. The van der Waals surface area contributed by atoms with Crippen LogP contribution in [-0.2, 0) is 0 Å². The zero-order valence-electron chi connectivity index (χ0n) is 6.03. The Morgan fingerprint density at radius 3 is 2.38 bits per heavy atom. The molecular weight excluding hydrogens is 317 g/mol. The molecule has 0 aromatic heterocycles. The molecule has 0 aliphatic carbocycles. The van der Waals surface area contributed by atoms with Gasteiger partial charge < -0.3 is 4.74 Å². The minimum absolute atomic E-state index is 0.0608. The zero-order valence-corrected chi connectivity index (χ0v) is 9.20. The van der Waals surface area contributed by atoms with Crippen LogP contribution < -0.4 is 4.74 Å². The van der Waals surface area contributed by atoms with Gasteiger partial charge in [-0.1, -0.05) is 0 Å². The second-order valence-electron chi connectivity index (χ2n) is 2.05. The second kappa shape index (κ2) is 4.32. The molecule has 1 aromatic rings. The number of hydrogen-bond acceptors (Lipinski definition) is 1. The van der Waals surface area contributed by atoms with Crippen molar-refractivity contribution in [3.05, 3.63) is 26.9 Å². The van der Waals surface area contributed by atoms with Crippen molar-refractivity contribution in [3.63, 3.8) is 0 Å². The van der Waals surface area contributed by atoms with Crippen molar-refractivity contribution in [2.24, 2.45) is 0 Å². The van der Waals surface area contributed by atoms with Gasteiger partial charge in [0.15, 0.2) is 11.6 Å². The lowest BCUT2D eigenvalue weighted by atomic mass is 10.3. The summed E-state index contributed by atoms with van der Waals surface area (Å²) in [4.78, 5) is 0. The summed E-state index contributed by atoms with van der Waals surface area (Å²) in [6.07, 6.45) is 0. The van der Waals surface area contributed by atoms with Crippen molar-refractivity contribution in [2.75, 3.05) is 0 Å². The van der Waals surface area contributed by atoms with Crippen LogP contribution in [0.3, 0.4) is 0 Å². The maximum absolute atomic E-state index is 13.1. The molecule has 0 bridgehead atoms. The highest BCUT2D eigenvalue weighted by atomic mass is 79.9. The number of rotatable bonds is 2. The zero-order chi connectivity index (χ0) is 10.0. The fourth-order valence-electron chi connectivity index (χ4n) is 0.695. The van der Waals surface area contributed by atoms with E-state index in [1.54, 1.807) is 0 Å². The number of alkyl halides is 2. The summed E-state index contributed by atoms with van der Waals surface area (Å²) in [5, 5.41) is 0. The van der Waals surface area contributed by atoms with Crippen LogP contribution in [-0.4, -0.2) is 6.61 Å². The minimum Gasteiger partial charge on any atom is -0.432 e. The van der Waals surface area contributed by atoms with Gasteiger partial charge in [0.05, 0.1) is 4.47 Å². The Labute approximate surface area is 89.1 Å². The lowest BCUT2D eigenvalue weighted by Crippen LogP contribution is -2.03. The third-order valence-corrected chi connectivity index (χ3v) is 3.18. The molecule has 0 atom stereocenters. The Hall–Kier alpha value is -0.230. The molecule has 0 aliphatic rings. The minimum atomic E-state index is -3.03. The van der Waals surface area contributed by atoms with Gasteiger partial charge in [-0.05, 0) is 44.0 Å². The van der Waals surface area contributed by atoms with Gasteiger partial charge in [0.2, 0.25) is 0 Å². The molecule has 1 aromatic carbocycles. The lowest BCUT2D eigenvalue weighted by Gasteiger charge is -2.07. The van der Waals surface area contributed by atoms with E-state index in [4.69, 9.17) is 0 Å². The first-order chi connectivity index (χ1) is 6.02. The maximum atomic E-state index is 13.1. The molecule has 0 spiro atoms. The highest BCUT2D eigenvalue weighted by Crippen LogP contribution is 2.32. The average molecular weight is 320 g/mol. The van der Waals surface area contributed by atoms with Crippen molar-refractivity contribution in [1.82, 2.24) is 0 Å². The summed E-state index contributed by atoms with van der Waals surface area (Å²) in [5.41, 5.74) is 0. The van der Waals surface area contributed by atoms with E-state index in [1.807, 2.05) is 0 Å². The van der Waals surface area contributed by atoms with Crippen molar-refractivity contribution in [2.45, 2.75) is 6.61 Å². The van der Waals surface area contributed by atoms with E-state index in [0.29, 0.717) is 4.47 Å². The van der Waals surface area contributed by atoms with Gasteiger partial charge in [0.1, 0.15) is 0 Å². The van der Waals surface area contributed by atoms with Crippen LogP contribution in [0.15, 0.2) is 21.1 Å². The van der Waals surface area contributed by atoms with Crippen molar-refractivity contribution >= 4 is 31.9 Å². The predicted molar refractivity (Wildman–Crippen MR) is 48.4 cm³/mol. The summed E-state index contributed by atoms with van der Waals surface area (Å²) in [7, 11) is 0. The van der Waals surface area contributed by atoms with E-state index < -0.39 is 18.2 Å². The number of benzene rings is 1. The maximum Gasteiger partial charge on any atom is 0.387 e. The van der Waals surface area contributed by atoms with E-state index in [9.17, 15) is 13.2 Å². The van der Waals surface area contributed by atoms with Gasteiger partial charge in [-0.3, -0.25) is 0 Å². The average Bonchev–Trinajstić information content (AvgIpc) is 2.06. The fourth-order valence-corrected chi connectivity index (χ4v) is 1.33. The summed E-state index contributed by atoms with van der Waals surface area (Å²) in [5.74, 6) is -1.33. The van der Waals surface area contributed by atoms with Crippen LogP contribution >= 0.6 is 31.9 Å². The van der Waals surface area contributed by atoms with Gasteiger partial charge in [-0.2, -0.15) is 8.78 Å². The topological polar surface area (TPSA) is 9.23 Å². The number of halogens is 5. The molecule has 0 amide bonds. The van der Waals surface area contributed by atoms with Gasteiger partial charge in [-0.15, -0.1) is 0 Å². The first-order valence-corrected chi connectivity index (χ1v) is 4.69. The van der Waals surface area contributed by atoms with Crippen LogP contribution in [0.5, 0.6) is 5.75 Å². The van der Waals surface area contributed by atoms with E-state index >= 15 is 0 Å². The SMILES string of the molecule is Fc1c(OC(F)F)ccc(Br)c1Br. The molecule has 0 N–H and O–H groups in total. The van der Waals surface area contributed by atoms with Gasteiger partial charge in [0, 0.05) is 4.47 Å². The van der Waals surface area contributed by atoms with Crippen molar-refractivity contribution in [1.29, 1.82) is 0 Å². The molecule has 0 aliphatic heterocycles. The molecule has 1 nitrogen and oxygen atoms in total. The Morgan fingerprint density at radius 2 is 1.85 bits per heavy atom. The lowest BCUT2D eigenvalue weighted by molar-refractivity contribution is -0.0522. The smallest absolute Gasteiger partial charge is 0.387 e. The Morgan fingerprint density at radius 1 is 1.23 bits per heavy atom. The fraction of sp³-hybridized carbons (Fsp3) is 0.143. The molecule has 0 heterocycles. The monoisotopic (exact) mass is 318 g/mol. The molecule has 0 fully saturated rings. The first kappa shape index (κ1) is 10.8. The van der Waals surface area contributed by atoms with Gasteiger partial charge in [-0.25, -0.2) is 4.39 Å². The molecule has 6 heteroatoms. The Balaban J connectivity index is 3.04. The number of hydrogen-bond donors (Lipinski definition) is 0.